The van der Waals surface area contributed by atoms with Gasteiger partial charge in [0.15, 0.2) is 0 Å². The number of nitrogens with zero attached hydrogens (tertiary/aromatic N) is 2. The van der Waals surface area contributed by atoms with Crippen LogP contribution in [0.15, 0.2) is 0 Å². The van der Waals surface area contributed by atoms with Gasteiger partial charge < -0.3 is 15.7 Å². The van der Waals surface area contributed by atoms with Crippen molar-refractivity contribution in [1.29, 1.82) is 0 Å². The number of rotatable bonds is 6. The molecule has 0 spiro atoms. The molecule has 19 heavy (non-hydrogen) atoms. The van der Waals surface area contributed by atoms with Gasteiger partial charge in [0.1, 0.15) is 0 Å². The molecule has 0 saturated carbocycles. The Balaban J connectivity index is 1.64. The maximum absolute atomic E-state index is 9.90. The van der Waals surface area contributed by atoms with Gasteiger partial charge in [0, 0.05) is 19.1 Å². The van der Waals surface area contributed by atoms with Gasteiger partial charge in [0.2, 0.25) is 0 Å². The predicted octanol–water partition coefficient (Wildman–Crippen LogP) is 1.04. The minimum Gasteiger partial charge on any atom is -0.389 e. The number of aliphatic hydroxyl groups is 1. The Labute approximate surface area is 117 Å². The molecule has 2 aliphatic heterocycles. The molecule has 0 radical (unpaired) electrons. The Kier molecular flexibility index (Phi) is 5.63. The van der Waals surface area contributed by atoms with Crippen molar-refractivity contribution in [2.45, 2.75) is 57.1 Å². The molecule has 2 unspecified atom stereocenters. The van der Waals surface area contributed by atoms with Gasteiger partial charge in [-0.3, -0.25) is 4.90 Å². The molecule has 4 nitrogen and oxygen atoms in total. The summed E-state index contributed by atoms with van der Waals surface area (Å²) in [6.07, 6.45) is 7.38. The lowest BCUT2D eigenvalue weighted by molar-refractivity contribution is 0.0548. The SMILES string of the molecule is CC(O)(CN)CCCN1CCC(N2CCCCC2)C1. The molecule has 4 heteroatoms. The molecule has 2 heterocycles. The van der Waals surface area contributed by atoms with Crippen LogP contribution in [-0.4, -0.2) is 65.8 Å². The van der Waals surface area contributed by atoms with E-state index in [0.717, 1.165) is 25.4 Å². The summed E-state index contributed by atoms with van der Waals surface area (Å²) in [4.78, 5) is 5.26. The largest absolute Gasteiger partial charge is 0.389 e. The molecule has 3 N–H and O–H groups in total. The zero-order valence-electron chi connectivity index (χ0n) is 12.5. The average molecular weight is 269 g/mol. The van der Waals surface area contributed by atoms with Crippen molar-refractivity contribution in [2.75, 3.05) is 39.3 Å². The molecule has 0 aliphatic carbocycles. The summed E-state index contributed by atoms with van der Waals surface area (Å²) in [5.41, 5.74) is 4.88. The summed E-state index contributed by atoms with van der Waals surface area (Å²) in [5, 5.41) is 9.90. The summed E-state index contributed by atoms with van der Waals surface area (Å²) in [6.45, 7) is 8.38. The van der Waals surface area contributed by atoms with E-state index in [2.05, 4.69) is 9.80 Å². The normalized spacial score (nSPS) is 29.5. The van der Waals surface area contributed by atoms with Gasteiger partial charge in [0.05, 0.1) is 5.60 Å². The highest BCUT2D eigenvalue weighted by Crippen LogP contribution is 2.21. The quantitative estimate of drug-likeness (QED) is 0.756. The number of nitrogens with two attached hydrogens (primary N) is 1. The fraction of sp³-hybridized carbons (Fsp3) is 1.00. The first-order chi connectivity index (χ1) is 9.11. The monoisotopic (exact) mass is 269 g/mol. The van der Waals surface area contributed by atoms with Crippen LogP contribution in [0.25, 0.3) is 0 Å². The molecule has 0 aromatic rings. The van der Waals surface area contributed by atoms with Crippen molar-refractivity contribution in [3.05, 3.63) is 0 Å². The number of hydrogen-bond donors (Lipinski definition) is 2. The third-order valence-corrected chi connectivity index (χ3v) is 4.78. The van der Waals surface area contributed by atoms with Crippen LogP contribution < -0.4 is 5.73 Å². The summed E-state index contributed by atoms with van der Waals surface area (Å²) in [5.74, 6) is 0. The van der Waals surface area contributed by atoms with Crippen LogP contribution in [-0.2, 0) is 0 Å². The van der Waals surface area contributed by atoms with Crippen LogP contribution in [0.3, 0.4) is 0 Å². The van der Waals surface area contributed by atoms with Gasteiger partial charge in [0.25, 0.3) is 0 Å². The van der Waals surface area contributed by atoms with Crippen molar-refractivity contribution < 1.29 is 5.11 Å². The topological polar surface area (TPSA) is 52.7 Å². The summed E-state index contributed by atoms with van der Waals surface area (Å²) >= 11 is 0. The zero-order valence-corrected chi connectivity index (χ0v) is 12.5. The Morgan fingerprint density at radius 2 is 1.95 bits per heavy atom. The average Bonchev–Trinajstić information content (AvgIpc) is 2.88. The second kappa shape index (κ2) is 7.02. The van der Waals surface area contributed by atoms with Crippen LogP contribution in [0.2, 0.25) is 0 Å². The first-order valence-electron chi connectivity index (χ1n) is 7.99. The number of piperidine rings is 1. The molecule has 2 fully saturated rings. The van der Waals surface area contributed by atoms with Gasteiger partial charge >= 0.3 is 0 Å². The van der Waals surface area contributed by atoms with Crippen LogP contribution in [0.5, 0.6) is 0 Å². The fourth-order valence-corrected chi connectivity index (χ4v) is 3.38. The lowest BCUT2D eigenvalue weighted by atomic mass is 10.0. The highest BCUT2D eigenvalue weighted by Gasteiger charge is 2.28. The van der Waals surface area contributed by atoms with E-state index in [1.54, 1.807) is 0 Å². The smallest absolute Gasteiger partial charge is 0.0741 e. The molecule has 0 aromatic heterocycles. The number of hydrogen-bond acceptors (Lipinski definition) is 4. The zero-order chi connectivity index (χ0) is 13.7. The molecule has 0 bridgehead atoms. The van der Waals surface area contributed by atoms with Crippen LogP contribution >= 0.6 is 0 Å². The highest BCUT2D eigenvalue weighted by molar-refractivity contribution is 4.85. The van der Waals surface area contributed by atoms with Crippen LogP contribution in [0, 0.1) is 0 Å². The van der Waals surface area contributed by atoms with Crippen LogP contribution in [0.1, 0.15) is 45.4 Å². The molecule has 2 aliphatic rings. The van der Waals surface area contributed by atoms with Gasteiger partial charge in [-0.25, -0.2) is 0 Å². The molecule has 2 atom stereocenters. The van der Waals surface area contributed by atoms with Crippen molar-refractivity contribution in [3.8, 4) is 0 Å². The Morgan fingerprint density at radius 1 is 1.21 bits per heavy atom. The van der Waals surface area contributed by atoms with Crippen LogP contribution in [0.4, 0.5) is 0 Å². The van der Waals surface area contributed by atoms with E-state index in [0.29, 0.717) is 6.54 Å². The van der Waals surface area contributed by atoms with Gasteiger partial charge in [-0.05, 0) is 65.2 Å². The van der Waals surface area contributed by atoms with Gasteiger partial charge in [-0.1, -0.05) is 6.42 Å². The maximum atomic E-state index is 9.90. The Morgan fingerprint density at radius 3 is 2.63 bits per heavy atom. The molecule has 2 rings (SSSR count). The van der Waals surface area contributed by atoms with Gasteiger partial charge in [-0.15, -0.1) is 0 Å². The molecule has 0 amide bonds. The third-order valence-electron chi connectivity index (χ3n) is 4.78. The van der Waals surface area contributed by atoms with Crippen molar-refractivity contribution in [3.63, 3.8) is 0 Å². The van der Waals surface area contributed by atoms with Crippen molar-refractivity contribution >= 4 is 0 Å². The first kappa shape index (κ1) is 15.2. The standard InChI is InChI=1S/C15H31N3O/c1-15(19,13-16)7-5-8-17-11-6-14(12-17)18-9-3-2-4-10-18/h14,19H,2-13,16H2,1H3. The first-order valence-corrected chi connectivity index (χ1v) is 7.99. The van der Waals surface area contributed by atoms with E-state index in [9.17, 15) is 5.11 Å². The van der Waals surface area contributed by atoms with E-state index in [1.165, 1.54) is 51.9 Å². The van der Waals surface area contributed by atoms with E-state index in [1.807, 2.05) is 6.92 Å². The summed E-state index contributed by atoms with van der Waals surface area (Å²) in [6, 6.07) is 0.787. The summed E-state index contributed by atoms with van der Waals surface area (Å²) in [7, 11) is 0. The van der Waals surface area contributed by atoms with E-state index in [4.69, 9.17) is 5.73 Å². The fourth-order valence-electron chi connectivity index (χ4n) is 3.38. The minimum absolute atomic E-state index is 0.364. The molecule has 2 saturated heterocycles. The highest BCUT2D eigenvalue weighted by atomic mass is 16.3. The number of likely N-dealkylation sites (tertiary alicyclic amines) is 2. The Hall–Kier alpha value is -0.160. The minimum atomic E-state index is -0.675. The molecular weight excluding hydrogens is 238 g/mol. The maximum Gasteiger partial charge on any atom is 0.0741 e. The van der Waals surface area contributed by atoms with Crippen molar-refractivity contribution in [2.24, 2.45) is 5.73 Å². The Bertz CT molecular complexity index is 264. The van der Waals surface area contributed by atoms with E-state index in [-0.39, 0.29) is 0 Å². The van der Waals surface area contributed by atoms with Crippen molar-refractivity contribution in [1.82, 2.24) is 9.80 Å². The van der Waals surface area contributed by atoms with E-state index >= 15 is 0 Å². The second-order valence-electron chi connectivity index (χ2n) is 6.64. The van der Waals surface area contributed by atoms with Gasteiger partial charge in [-0.2, -0.15) is 0 Å². The predicted molar refractivity (Wildman–Crippen MR) is 79.2 cm³/mol. The summed E-state index contributed by atoms with van der Waals surface area (Å²) < 4.78 is 0. The van der Waals surface area contributed by atoms with E-state index < -0.39 is 5.60 Å². The molecule has 0 aromatic carbocycles. The molecule has 112 valence electrons. The lowest BCUT2D eigenvalue weighted by Gasteiger charge is -2.32. The lowest BCUT2D eigenvalue weighted by Crippen LogP contribution is -2.41. The molecular formula is C15H31N3O. The third kappa shape index (κ3) is 4.71. The second-order valence-corrected chi connectivity index (χ2v) is 6.64.